The predicted octanol–water partition coefficient (Wildman–Crippen LogP) is 1.67. The Bertz CT molecular complexity index is 310. The molecule has 92 valence electrons. The van der Waals surface area contributed by atoms with Gasteiger partial charge in [0.15, 0.2) is 0 Å². The highest BCUT2D eigenvalue weighted by Gasteiger charge is 2.21. The Labute approximate surface area is 97.5 Å². The summed E-state index contributed by atoms with van der Waals surface area (Å²) in [6.45, 7) is 9.43. The summed E-state index contributed by atoms with van der Waals surface area (Å²) < 4.78 is 0. The van der Waals surface area contributed by atoms with Crippen LogP contribution in [0.1, 0.15) is 43.6 Å². The average molecular weight is 225 g/mol. The van der Waals surface area contributed by atoms with Crippen molar-refractivity contribution in [1.82, 2.24) is 15.5 Å². The van der Waals surface area contributed by atoms with Gasteiger partial charge in [0, 0.05) is 24.3 Å². The first-order valence-electron chi connectivity index (χ1n) is 5.96. The second kappa shape index (κ2) is 5.46. The van der Waals surface area contributed by atoms with Gasteiger partial charge >= 0.3 is 0 Å². The van der Waals surface area contributed by atoms with Crippen molar-refractivity contribution in [3.05, 3.63) is 17.0 Å². The van der Waals surface area contributed by atoms with Crippen LogP contribution in [0.5, 0.6) is 0 Å². The molecule has 0 radical (unpaired) electrons. The first-order valence-corrected chi connectivity index (χ1v) is 5.96. The van der Waals surface area contributed by atoms with Crippen LogP contribution in [-0.4, -0.2) is 27.4 Å². The van der Waals surface area contributed by atoms with E-state index in [1.807, 2.05) is 27.7 Å². The van der Waals surface area contributed by atoms with Gasteiger partial charge in [-0.05, 0) is 26.7 Å². The van der Waals surface area contributed by atoms with Crippen LogP contribution in [0.25, 0.3) is 0 Å². The Morgan fingerprint density at radius 1 is 1.31 bits per heavy atom. The van der Waals surface area contributed by atoms with E-state index in [4.69, 9.17) is 0 Å². The Balaban J connectivity index is 2.47. The first-order chi connectivity index (χ1) is 7.52. The maximum absolute atomic E-state index is 10.1. The monoisotopic (exact) mass is 225 g/mol. The smallest absolute Gasteiger partial charge is 0.0766 e. The highest BCUT2D eigenvalue weighted by atomic mass is 16.3. The molecular formula is C12H23N3O. The molecule has 0 aliphatic heterocycles. The molecule has 0 saturated carbocycles. The van der Waals surface area contributed by atoms with Crippen molar-refractivity contribution in [2.24, 2.45) is 0 Å². The second-order valence-electron chi connectivity index (χ2n) is 4.45. The van der Waals surface area contributed by atoms with Crippen molar-refractivity contribution in [2.45, 2.75) is 52.7 Å². The summed E-state index contributed by atoms with van der Waals surface area (Å²) >= 11 is 0. The molecule has 1 aromatic rings. The summed E-state index contributed by atoms with van der Waals surface area (Å²) in [4.78, 5) is 0. The van der Waals surface area contributed by atoms with E-state index in [9.17, 15) is 5.11 Å². The van der Waals surface area contributed by atoms with Gasteiger partial charge in [-0.1, -0.05) is 13.8 Å². The van der Waals surface area contributed by atoms with Crippen molar-refractivity contribution >= 4 is 0 Å². The number of nitrogens with one attached hydrogen (secondary N) is 2. The van der Waals surface area contributed by atoms with Gasteiger partial charge in [-0.25, -0.2) is 0 Å². The average Bonchev–Trinajstić information content (AvgIpc) is 2.60. The minimum absolute atomic E-state index is 0.578. The van der Waals surface area contributed by atoms with Gasteiger partial charge < -0.3 is 10.4 Å². The lowest BCUT2D eigenvalue weighted by Gasteiger charge is -2.25. The third kappa shape index (κ3) is 3.06. The second-order valence-corrected chi connectivity index (χ2v) is 4.45. The summed E-state index contributed by atoms with van der Waals surface area (Å²) in [5.74, 6) is 0. The molecule has 1 rings (SSSR count). The molecule has 0 amide bonds. The lowest BCUT2D eigenvalue weighted by molar-refractivity contribution is 0.0323. The standard InChI is InChI=1S/C12H23N3O/c1-5-12(16,6-2)8-13-7-11-9(3)14-15-10(11)4/h13,16H,5-8H2,1-4H3,(H,14,15). The molecule has 4 nitrogen and oxygen atoms in total. The number of H-pyrrole nitrogens is 1. The Kier molecular flexibility index (Phi) is 4.50. The van der Waals surface area contributed by atoms with Crippen molar-refractivity contribution in [1.29, 1.82) is 0 Å². The van der Waals surface area contributed by atoms with Crippen LogP contribution < -0.4 is 5.32 Å². The zero-order valence-electron chi connectivity index (χ0n) is 10.7. The highest BCUT2D eigenvalue weighted by molar-refractivity contribution is 5.22. The number of nitrogens with zero attached hydrogens (tertiary/aromatic N) is 1. The van der Waals surface area contributed by atoms with Crippen molar-refractivity contribution < 1.29 is 5.11 Å². The van der Waals surface area contributed by atoms with E-state index in [0.717, 1.165) is 30.8 Å². The lowest BCUT2D eigenvalue weighted by Crippen LogP contribution is -2.39. The first kappa shape index (κ1) is 13.2. The number of rotatable bonds is 6. The van der Waals surface area contributed by atoms with E-state index >= 15 is 0 Å². The molecule has 1 heterocycles. The largest absolute Gasteiger partial charge is 0.389 e. The van der Waals surface area contributed by atoms with E-state index in [0.29, 0.717) is 6.54 Å². The van der Waals surface area contributed by atoms with Gasteiger partial charge in [0.1, 0.15) is 0 Å². The molecule has 0 aromatic carbocycles. The zero-order valence-corrected chi connectivity index (χ0v) is 10.7. The minimum atomic E-state index is -0.578. The topological polar surface area (TPSA) is 60.9 Å². The quantitative estimate of drug-likeness (QED) is 0.690. The van der Waals surface area contributed by atoms with Crippen LogP contribution in [0.2, 0.25) is 0 Å². The Hall–Kier alpha value is -0.870. The predicted molar refractivity (Wildman–Crippen MR) is 65.3 cm³/mol. The fraction of sp³-hybridized carbons (Fsp3) is 0.750. The SMILES string of the molecule is CCC(O)(CC)CNCc1c(C)n[nH]c1C. The molecule has 16 heavy (non-hydrogen) atoms. The van der Waals surface area contributed by atoms with Gasteiger partial charge in [-0.3, -0.25) is 5.10 Å². The molecule has 0 fully saturated rings. The Morgan fingerprint density at radius 3 is 2.38 bits per heavy atom. The number of aryl methyl sites for hydroxylation is 2. The molecule has 0 aliphatic rings. The molecule has 0 saturated heterocycles. The zero-order chi connectivity index (χ0) is 12.2. The lowest BCUT2D eigenvalue weighted by atomic mass is 9.97. The molecule has 4 heteroatoms. The van der Waals surface area contributed by atoms with Gasteiger partial charge in [0.05, 0.1) is 11.3 Å². The number of hydrogen-bond acceptors (Lipinski definition) is 3. The van der Waals surface area contributed by atoms with Gasteiger partial charge in [0.25, 0.3) is 0 Å². The molecule has 0 aliphatic carbocycles. The summed E-state index contributed by atoms with van der Waals surface area (Å²) in [6.07, 6.45) is 1.56. The molecule has 0 bridgehead atoms. The van der Waals surface area contributed by atoms with Gasteiger partial charge in [-0.2, -0.15) is 5.10 Å². The maximum atomic E-state index is 10.1. The number of aromatic nitrogens is 2. The van der Waals surface area contributed by atoms with E-state index < -0.39 is 5.60 Å². The number of aliphatic hydroxyl groups is 1. The summed E-state index contributed by atoms with van der Waals surface area (Å²) in [5.41, 5.74) is 2.75. The normalized spacial score (nSPS) is 12.1. The number of aromatic amines is 1. The molecular weight excluding hydrogens is 202 g/mol. The molecule has 0 atom stereocenters. The third-order valence-electron chi connectivity index (χ3n) is 3.35. The van der Waals surface area contributed by atoms with Crippen LogP contribution >= 0.6 is 0 Å². The van der Waals surface area contributed by atoms with Crippen molar-refractivity contribution in [3.63, 3.8) is 0 Å². The van der Waals surface area contributed by atoms with Crippen LogP contribution in [0.3, 0.4) is 0 Å². The van der Waals surface area contributed by atoms with Gasteiger partial charge in [-0.15, -0.1) is 0 Å². The van der Waals surface area contributed by atoms with Crippen molar-refractivity contribution in [3.8, 4) is 0 Å². The molecule has 1 aromatic heterocycles. The summed E-state index contributed by atoms with van der Waals surface area (Å²) in [7, 11) is 0. The Morgan fingerprint density at radius 2 is 1.94 bits per heavy atom. The third-order valence-corrected chi connectivity index (χ3v) is 3.35. The minimum Gasteiger partial charge on any atom is -0.389 e. The van der Waals surface area contributed by atoms with Crippen LogP contribution in [-0.2, 0) is 6.54 Å². The molecule has 0 spiro atoms. The fourth-order valence-corrected chi connectivity index (χ4v) is 1.75. The van der Waals surface area contributed by atoms with Crippen LogP contribution in [0.4, 0.5) is 0 Å². The fourth-order valence-electron chi connectivity index (χ4n) is 1.75. The van der Waals surface area contributed by atoms with Crippen LogP contribution in [0, 0.1) is 13.8 Å². The van der Waals surface area contributed by atoms with Crippen LogP contribution in [0.15, 0.2) is 0 Å². The van der Waals surface area contributed by atoms with E-state index in [-0.39, 0.29) is 0 Å². The van der Waals surface area contributed by atoms with E-state index in [2.05, 4.69) is 15.5 Å². The summed E-state index contributed by atoms with van der Waals surface area (Å²) in [6, 6.07) is 0. The van der Waals surface area contributed by atoms with Gasteiger partial charge in [0.2, 0.25) is 0 Å². The highest BCUT2D eigenvalue weighted by Crippen LogP contribution is 2.14. The maximum Gasteiger partial charge on any atom is 0.0766 e. The summed E-state index contributed by atoms with van der Waals surface area (Å²) in [5, 5.41) is 20.5. The van der Waals surface area contributed by atoms with E-state index in [1.165, 1.54) is 5.56 Å². The molecule has 3 N–H and O–H groups in total. The number of hydrogen-bond donors (Lipinski definition) is 3. The van der Waals surface area contributed by atoms with E-state index in [1.54, 1.807) is 0 Å². The van der Waals surface area contributed by atoms with Crippen molar-refractivity contribution in [2.75, 3.05) is 6.54 Å². The molecule has 0 unspecified atom stereocenters.